The Labute approximate surface area is 140 Å². The van der Waals surface area contributed by atoms with Gasteiger partial charge in [-0.3, -0.25) is 0 Å². The molecule has 2 aliphatic heterocycles. The van der Waals surface area contributed by atoms with Crippen molar-refractivity contribution >= 4 is 0 Å². The van der Waals surface area contributed by atoms with Gasteiger partial charge in [-0.15, -0.1) is 0 Å². The lowest BCUT2D eigenvalue weighted by Gasteiger charge is -2.65. The maximum Gasteiger partial charge on any atom is 0.123 e. The number of aliphatic hydroxyl groups is 2. The van der Waals surface area contributed by atoms with Crippen LogP contribution in [-0.4, -0.2) is 33.1 Å². The summed E-state index contributed by atoms with van der Waals surface area (Å²) in [5, 5.41) is 22.8. The molecule has 1 spiro atoms. The lowest BCUT2D eigenvalue weighted by molar-refractivity contribution is -0.262. The minimum Gasteiger partial charge on any atom is -0.387 e. The number of hydrogen-bond acceptors (Lipinski definition) is 3. The van der Waals surface area contributed by atoms with Gasteiger partial charge in [0.05, 0.1) is 0 Å². The molecule has 0 radical (unpaired) electrons. The second kappa shape index (κ2) is 4.34. The molecule has 4 aliphatic rings. The second-order valence-corrected chi connectivity index (χ2v) is 10.2. The van der Waals surface area contributed by atoms with E-state index in [2.05, 4.69) is 34.6 Å². The average Bonchev–Trinajstić information content (AvgIpc) is 2.94. The van der Waals surface area contributed by atoms with Gasteiger partial charge in [0.1, 0.15) is 22.9 Å². The number of rotatable bonds is 1. The Kier molecular flexibility index (Phi) is 3.09. The van der Waals surface area contributed by atoms with Crippen LogP contribution in [0.25, 0.3) is 0 Å². The fourth-order valence-electron chi connectivity index (χ4n) is 7.56. The van der Waals surface area contributed by atoms with Crippen LogP contribution >= 0.6 is 0 Å². The van der Waals surface area contributed by atoms with Gasteiger partial charge in [-0.25, -0.2) is 0 Å². The van der Waals surface area contributed by atoms with E-state index < -0.39 is 22.9 Å². The quantitative estimate of drug-likeness (QED) is 0.774. The second-order valence-electron chi connectivity index (χ2n) is 10.2. The number of fused-ring (bicyclic) bond motifs is 2. The van der Waals surface area contributed by atoms with Gasteiger partial charge in [0.2, 0.25) is 0 Å². The molecule has 2 N–H and O–H groups in total. The predicted octanol–water partition coefficient (Wildman–Crippen LogP) is 3.66. The van der Waals surface area contributed by atoms with Crippen LogP contribution in [0.4, 0.5) is 0 Å². The monoisotopic (exact) mass is 322 g/mol. The number of ether oxygens (including phenoxy) is 1. The molecular formula is C20H34O3. The Morgan fingerprint density at radius 2 is 1.70 bits per heavy atom. The average molecular weight is 322 g/mol. The van der Waals surface area contributed by atoms with Crippen molar-refractivity contribution in [1.29, 1.82) is 0 Å². The molecule has 3 heteroatoms. The van der Waals surface area contributed by atoms with Crippen LogP contribution in [0.1, 0.15) is 79.6 Å². The molecule has 0 amide bonds. The van der Waals surface area contributed by atoms with Crippen molar-refractivity contribution in [2.24, 2.45) is 22.7 Å². The van der Waals surface area contributed by atoms with Crippen molar-refractivity contribution in [2.75, 3.05) is 0 Å². The molecule has 0 unspecified atom stereocenters. The summed E-state index contributed by atoms with van der Waals surface area (Å²) in [5.41, 5.74) is -1.90. The normalized spacial score (nSPS) is 57.4. The molecule has 2 heterocycles. The summed E-state index contributed by atoms with van der Waals surface area (Å²) in [6.07, 6.45) is 6.32. The Morgan fingerprint density at radius 1 is 1.00 bits per heavy atom. The van der Waals surface area contributed by atoms with E-state index in [0.717, 1.165) is 25.7 Å². The summed E-state index contributed by atoms with van der Waals surface area (Å²) < 4.78 is 6.79. The van der Waals surface area contributed by atoms with Gasteiger partial charge < -0.3 is 14.9 Å². The minimum absolute atomic E-state index is 0.0319. The maximum atomic E-state index is 11.7. The topological polar surface area (TPSA) is 49.7 Å². The molecule has 0 aromatic rings. The molecule has 23 heavy (non-hydrogen) atoms. The molecule has 4 fully saturated rings. The van der Waals surface area contributed by atoms with Gasteiger partial charge in [0, 0.05) is 5.41 Å². The van der Waals surface area contributed by atoms with Gasteiger partial charge in [-0.05, 0) is 55.8 Å². The highest BCUT2D eigenvalue weighted by molar-refractivity contribution is 5.31. The number of hydrogen-bond donors (Lipinski definition) is 2. The van der Waals surface area contributed by atoms with E-state index in [1.165, 1.54) is 12.8 Å². The first kappa shape index (κ1) is 16.4. The zero-order valence-electron chi connectivity index (χ0n) is 15.5. The largest absolute Gasteiger partial charge is 0.387 e. The van der Waals surface area contributed by atoms with Crippen LogP contribution in [0.15, 0.2) is 0 Å². The van der Waals surface area contributed by atoms with Crippen molar-refractivity contribution in [3.8, 4) is 0 Å². The lowest BCUT2D eigenvalue weighted by Crippen LogP contribution is -2.72. The fourth-order valence-corrected chi connectivity index (χ4v) is 7.56. The van der Waals surface area contributed by atoms with E-state index in [9.17, 15) is 10.2 Å². The van der Waals surface area contributed by atoms with E-state index in [-0.39, 0.29) is 11.3 Å². The summed E-state index contributed by atoms with van der Waals surface area (Å²) in [6, 6.07) is 0. The number of aliphatic hydroxyl groups excluding tert-OH is 1. The SMILES string of the molecule is CC(C)[C@]12CC[C@@]3(O1)[C@@]1(C)CCCC(C)(C)[C@@H]1CC[C@]3(O)[C@H]2O. The van der Waals surface area contributed by atoms with Crippen LogP contribution in [0.3, 0.4) is 0 Å². The molecule has 2 bridgehead atoms. The molecule has 2 saturated heterocycles. The van der Waals surface area contributed by atoms with E-state index in [0.29, 0.717) is 17.8 Å². The highest BCUT2D eigenvalue weighted by Crippen LogP contribution is 2.74. The van der Waals surface area contributed by atoms with Crippen molar-refractivity contribution in [3.63, 3.8) is 0 Å². The summed E-state index contributed by atoms with van der Waals surface area (Å²) in [7, 11) is 0. The van der Waals surface area contributed by atoms with Crippen LogP contribution < -0.4 is 0 Å². The van der Waals surface area contributed by atoms with Crippen LogP contribution in [0.5, 0.6) is 0 Å². The van der Waals surface area contributed by atoms with E-state index in [4.69, 9.17) is 4.74 Å². The highest BCUT2D eigenvalue weighted by atomic mass is 16.6. The summed E-state index contributed by atoms with van der Waals surface area (Å²) in [4.78, 5) is 0. The molecule has 2 aliphatic carbocycles. The zero-order chi connectivity index (χ0) is 16.9. The molecule has 0 aromatic heterocycles. The van der Waals surface area contributed by atoms with Crippen LogP contribution in [0.2, 0.25) is 0 Å². The van der Waals surface area contributed by atoms with Crippen molar-refractivity contribution in [3.05, 3.63) is 0 Å². The van der Waals surface area contributed by atoms with Gasteiger partial charge in [-0.2, -0.15) is 0 Å². The third-order valence-corrected chi connectivity index (χ3v) is 8.79. The van der Waals surface area contributed by atoms with Gasteiger partial charge in [-0.1, -0.05) is 41.0 Å². The van der Waals surface area contributed by atoms with Crippen LogP contribution in [0, 0.1) is 22.7 Å². The molecule has 3 nitrogen and oxygen atoms in total. The Bertz CT molecular complexity index is 529. The van der Waals surface area contributed by atoms with Crippen molar-refractivity contribution < 1.29 is 14.9 Å². The molecule has 132 valence electrons. The Hall–Kier alpha value is -0.120. The molecule has 2 saturated carbocycles. The molecular weight excluding hydrogens is 288 g/mol. The summed E-state index contributed by atoms with van der Waals surface area (Å²) in [6.45, 7) is 11.4. The van der Waals surface area contributed by atoms with Crippen molar-refractivity contribution in [1.82, 2.24) is 0 Å². The van der Waals surface area contributed by atoms with E-state index in [1.807, 2.05) is 0 Å². The third-order valence-electron chi connectivity index (χ3n) is 8.79. The van der Waals surface area contributed by atoms with Gasteiger partial charge >= 0.3 is 0 Å². The summed E-state index contributed by atoms with van der Waals surface area (Å²) in [5.74, 6) is 0.794. The third kappa shape index (κ3) is 1.54. The Morgan fingerprint density at radius 3 is 2.35 bits per heavy atom. The van der Waals surface area contributed by atoms with Crippen molar-refractivity contribution in [2.45, 2.75) is 102 Å². The minimum atomic E-state index is -1.06. The van der Waals surface area contributed by atoms with Crippen LogP contribution in [-0.2, 0) is 4.74 Å². The lowest BCUT2D eigenvalue weighted by atomic mass is 9.41. The molecule has 4 rings (SSSR count). The smallest absolute Gasteiger partial charge is 0.123 e. The molecule has 0 aromatic carbocycles. The summed E-state index contributed by atoms with van der Waals surface area (Å²) >= 11 is 0. The molecule has 6 atom stereocenters. The van der Waals surface area contributed by atoms with Gasteiger partial charge in [0.15, 0.2) is 0 Å². The fraction of sp³-hybridized carbons (Fsp3) is 1.00. The first-order valence-electron chi connectivity index (χ1n) is 9.66. The zero-order valence-corrected chi connectivity index (χ0v) is 15.5. The first-order chi connectivity index (χ1) is 10.6. The first-order valence-corrected chi connectivity index (χ1v) is 9.66. The standard InChI is InChI=1S/C20H34O3/c1-13(2)18-11-12-20(23-18)17(5)9-6-8-16(3,4)14(17)7-10-19(20,22)15(18)21/h13-15,21-22H,6-12H2,1-5H3/t14-,15-,17-,18-,19-,20+/m0/s1. The highest BCUT2D eigenvalue weighted by Gasteiger charge is 2.82. The predicted molar refractivity (Wildman–Crippen MR) is 90.0 cm³/mol. The van der Waals surface area contributed by atoms with Gasteiger partial charge in [0.25, 0.3) is 0 Å². The van der Waals surface area contributed by atoms with E-state index >= 15 is 0 Å². The van der Waals surface area contributed by atoms with E-state index in [1.54, 1.807) is 0 Å². The maximum absolute atomic E-state index is 11.7. The Balaban J connectivity index is 1.87.